The minimum absolute atomic E-state index is 0.0168. The molecule has 0 aliphatic heterocycles. The molecular formula is C15H20N2O. The van der Waals surface area contributed by atoms with Gasteiger partial charge in [-0.25, -0.2) is 0 Å². The number of para-hydroxylation sites is 1. The summed E-state index contributed by atoms with van der Waals surface area (Å²) in [6, 6.07) is 6.02. The first-order valence-corrected chi connectivity index (χ1v) is 6.20. The summed E-state index contributed by atoms with van der Waals surface area (Å²) in [6.45, 7) is 9.95. The van der Waals surface area contributed by atoms with Crippen LogP contribution in [0.15, 0.2) is 18.2 Å². The van der Waals surface area contributed by atoms with Crippen molar-refractivity contribution in [1.29, 1.82) is 0 Å². The Balaban J connectivity index is 2.54. The number of aromatic amines is 1. The second-order valence-electron chi connectivity index (χ2n) is 5.83. The third-order valence-corrected chi connectivity index (χ3v) is 2.95. The van der Waals surface area contributed by atoms with E-state index < -0.39 is 0 Å². The summed E-state index contributed by atoms with van der Waals surface area (Å²) in [5.74, 6) is -0.0168. The van der Waals surface area contributed by atoms with E-state index in [-0.39, 0.29) is 11.4 Å². The number of fused-ring (bicyclic) bond motifs is 1. The van der Waals surface area contributed by atoms with Crippen LogP contribution in [0, 0.1) is 13.8 Å². The molecule has 0 fully saturated rings. The lowest BCUT2D eigenvalue weighted by Gasteiger charge is -2.20. The lowest BCUT2D eigenvalue weighted by Crippen LogP contribution is -2.40. The first-order chi connectivity index (χ1) is 8.29. The molecule has 3 heteroatoms. The number of carbonyl (C=O) groups excluding carboxylic acids is 1. The van der Waals surface area contributed by atoms with E-state index in [2.05, 4.69) is 10.3 Å². The number of carbonyl (C=O) groups is 1. The topological polar surface area (TPSA) is 44.9 Å². The quantitative estimate of drug-likeness (QED) is 0.794. The van der Waals surface area contributed by atoms with Crippen molar-refractivity contribution in [3.05, 3.63) is 35.0 Å². The molecule has 0 bridgehead atoms. The molecule has 0 saturated carbocycles. The van der Waals surface area contributed by atoms with Crippen LogP contribution < -0.4 is 5.32 Å². The number of hydrogen-bond acceptors (Lipinski definition) is 1. The maximum absolute atomic E-state index is 12.3. The van der Waals surface area contributed by atoms with Gasteiger partial charge < -0.3 is 10.3 Å². The Hall–Kier alpha value is -1.77. The number of H-pyrrole nitrogens is 1. The molecular weight excluding hydrogens is 224 g/mol. The van der Waals surface area contributed by atoms with E-state index in [9.17, 15) is 4.79 Å². The van der Waals surface area contributed by atoms with Crippen molar-refractivity contribution in [2.24, 2.45) is 0 Å². The van der Waals surface area contributed by atoms with Gasteiger partial charge in [-0.2, -0.15) is 0 Å². The highest BCUT2D eigenvalue weighted by Gasteiger charge is 2.20. The van der Waals surface area contributed by atoms with Crippen molar-refractivity contribution < 1.29 is 4.79 Å². The van der Waals surface area contributed by atoms with Gasteiger partial charge in [0, 0.05) is 22.1 Å². The maximum Gasteiger partial charge on any atom is 0.254 e. The van der Waals surface area contributed by atoms with E-state index in [1.165, 1.54) is 0 Å². The predicted molar refractivity (Wildman–Crippen MR) is 75.0 cm³/mol. The Morgan fingerprint density at radius 1 is 1.22 bits per heavy atom. The van der Waals surface area contributed by atoms with Crippen LogP contribution in [-0.4, -0.2) is 16.4 Å². The van der Waals surface area contributed by atoms with Crippen LogP contribution in [-0.2, 0) is 0 Å². The van der Waals surface area contributed by atoms with Gasteiger partial charge in [0.15, 0.2) is 0 Å². The van der Waals surface area contributed by atoms with Crippen molar-refractivity contribution in [3.63, 3.8) is 0 Å². The molecule has 2 N–H and O–H groups in total. The Morgan fingerprint density at radius 2 is 1.89 bits per heavy atom. The lowest BCUT2D eigenvalue weighted by atomic mass is 10.0. The van der Waals surface area contributed by atoms with E-state index in [1.807, 2.05) is 52.8 Å². The van der Waals surface area contributed by atoms with Crippen molar-refractivity contribution in [2.75, 3.05) is 0 Å². The average molecular weight is 244 g/mol. The fourth-order valence-corrected chi connectivity index (χ4v) is 2.19. The fourth-order valence-electron chi connectivity index (χ4n) is 2.19. The van der Waals surface area contributed by atoms with Crippen molar-refractivity contribution in [1.82, 2.24) is 10.3 Å². The van der Waals surface area contributed by atoms with Crippen molar-refractivity contribution in [3.8, 4) is 0 Å². The van der Waals surface area contributed by atoms with Crippen LogP contribution in [0.5, 0.6) is 0 Å². The highest BCUT2D eigenvalue weighted by Crippen LogP contribution is 2.24. The molecule has 1 aromatic carbocycles. The van der Waals surface area contributed by atoms with Gasteiger partial charge in [0.05, 0.1) is 5.56 Å². The average Bonchev–Trinajstić information content (AvgIpc) is 2.53. The molecule has 0 aliphatic carbocycles. The van der Waals surface area contributed by atoms with Crippen LogP contribution in [0.25, 0.3) is 10.9 Å². The first kappa shape index (κ1) is 12.7. The van der Waals surface area contributed by atoms with Gasteiger partial charge in [-0.1, -0.05) is 18.2 Å². The molecule has 18 heavy (non-hydrogen) atoms. The highest BCUT2D eigenvalue weighted by atomic mass is 16.1. The fraction of sp³-hybridized carbons (Fsp3) is 0.400. The summed E-state index contributed by atoms with van der Waals surface area (Å²) in [5, 5.41) is 4.01. The van der Waals surface area contributed by atoms with Crippen LogP contribution in [0.4, 0.5) is 0 Å². The molecule has 0 radical (unpaired) electrons. The van der Waals surface area contributed by atoms with Gasteiger partial charge in [0.2, 0.25) is 0 Å². The third-order valence-electron chi connectivity index (χ3n) is 2.95. The third kappa shape index (κ3) is 2.26. The SMILES string of the molecule is Cc1[nH]c2c(C)cccc2c1C(=O)NC(C)(C)C. The standard InChI is InChI=1S/C15H20N2O/c1-9-7-6-8-11-12(10(2)16-13(9)11)14(18)17-15(3,4)5/h6-8,16H,1-5H3,(H,17,18). The Labute approximate surface area is 108 Å². The van der Waals surface area contributed by atoms with Gasteiger partial charge in [0.25, 0.3) is 5.91 Å². The van der Waals surface area contributed by atoms with Gasteiger partial charge in [-0.05, 0) is 40.2 Å². The molecule has 0 aliphatic rings. The van der Waals surface area contributed by atoms with Crippen LogP contribution in [0.2, 0.25) is 0 Å². The normalized spacial score (nSPS) is 11.8. The Kier molecular flexibility index (Phi) is 2.93. The monoisotopic (exact) mass is 244 g/mol. The molecule has 2 aromatic rings. The molecule has 0 saturated heterocycles. The number of aromatic nitrogens is 1. The summed E-state index contributed by atoms with van der Waals surface area (Å²) >= 11 is 0. The van der Waals surface area contributed by atoms with Crippen LogP contribution in [0.3, 0.4) is 0 Å². The molecule has 1 heterocycles. The first-order valence-electron chi connectivity index (χ1n) is 6.20. The summed E-state index contributed by atoms with van der Waals surface area (Å²) < 4.78 is 0. The molecule has 0 atom stereocenters. The minimum atomic E-state index is -0.225. The number of amides is 1. The van der Waals surface area contributed by atoms with E-state index in [0.29, 0.717) is 0 Å². The second kappa shape index (κ2) is 4.16. The van der Waals surface area contributed by atoms with E-state index in [1.54, 1.807) is 0 Å². The molecule has 96 valence electrons. The van der Waals surface area contributed by atoms with Crippen LogP contribution in [0.1, 0.15) is 42.4 Å². The largest absolute Gasteiger partial charge is 0.358 e. The smallest absolute Gasteiger partial charge is 0.254 e. The molecule has 0 unspecified atom stereocenters. The number of hydrogen-bond donors (Lipinski definition) is 2. The summed E-state index contributed by atoms with van der Waals surface area (Å²) in [6.07, 6.45) is 0. The van der Waals surface area contributed by atoms with Crippen LogP contribution >= 0.6 is 0 Å². The van der Waals surface area contributed by atoms with E-state index in [4.69, 9.17) is 0 Å². The lowest BCUT2D eigenvalue weighted by molar-refractivity contribution is 0.0920. The molecule has 1 amide bonds. The second-order valence-corrected chi connectivity index (χ2v) is 5.83. The van der Waals surface area contributed by atoms with Crippen molar-refractivity contribution >= 4 is 16.8 Å². The zero-order valence-corrected chi connectivity index (χ0v) is 11.6. The minimum Gasteiger partial charge on any atom is -0.358 e. The molecule has 3 nitrogen and oxygen atoms in total. The number of benzene rings is 1. The predicted octanol–water partition coefficient (Wildman–Crippen LogP) is 3.31. The van der Waals surface area contributed by atoms with Crippen molar-refractivity contribution in [2.45, 2.75) is 40.2 Å². The number of aryl methyl sites for hydroxylation is 2. The number of nitrogens with one attached hydrogen (secondary N) is 2. The molecule has 2 rings (SSSR count). The van der Waals surface area contributed by atoms with Gasteiger partial charge in [-0.3, -0.25) is 4.79 Å². The zero-order chi connectivity index (χ0) is 13.5. The summed E-state index contributed by atoms with van der Waals surface area (Å²) in [5.41, 5.74) is 3.65. The Bertz CT molecular complexity index is 603. The Morgan fingerprint density at radius 3 is 2.50 bits per heavy atom. The summed E-state index contributed by atoms with van der Waals surface area (Å²) in [7, 11) is 0. The number of rotatable bonds is 1. The summed E-state index contributed by atoms with van der Waals surface area (Å²) in [4.78, 5) is 15.6. The highest BCUT2D eigenvalue weighted by molar-refractivity contribution is 6.08. The van der Waals surface area contributed by atoms with Gasteiger partial charge >= 0.3 is 0 Å². The van der Waals surface area contributed by atoms with Gasteiger partial charge in [0.1, 0.15) is 0 Å². The van der Waals surface area contributed by atoms with E-state index >= 15 is 0 Å². The molecule has 0 spiro atoms. The zero-order valence-electron chi connectivity index (χ0n) is 11.6. The van der Waals surface area contributed by atoms with E-state index in [0.717, 1.165) is 27.7 Å². The van der Waals surface area contributed by atoms with Gasteiger partial charge in [-0.15, -0.1) is 0 Å². The molecule has 1 aromatic heterocycles. The maximum atomic E-state index is 12.3.